The van der Waals surface area contributed by atoms with E-state index in [0.717, 1.165) is 23.1 Å². The molecular weight excluding hydrogens is 296 g/mol. The van der Waals surface area contributed by atoms with E-state index in [2.05, 4.69) is 34.3 Å². The van der Waals surface area contributed by atoms with Crippen molar-refractivity contribution in [2.45, 2.75) is 27.7 Å². The van der Waals surface area contributed by atoms with Crippen LogP contribution < -0.4 is 14.7 Å². The molecular formula is C17H26O4Si. The van der Waals surface area contributed by atoms with Crippen molar-refractivity contribution in [3.05, 3.63) is 30.9 Å². The van der Waals surface area contributed by atoms with Crippen LogP contribution in [0.25, 0.3) is 0 Å². The smallest absolute Gasteiger partial charge is 0.359 e. The molecule has 0 bridgehead atoms. The third kappa shape index (κ3) is 7.88. The summed E-state index contributed by atoms with van der Waals surface area (Å²) in [7, 11) is 3.01. The Morgan fingerprint density at radius 3 is 2.14 bits per heavy atom. The molecule has 2 radical (unpaired) electrons. The zero-order chi connectivity index (χ0) is 17.1. The normalized spacial score (nSPS) is 9.82. The van der Waals surface area contributed by atoms with Gasteiger partial charge in [0.1, 0.15) is 11.5 Å². The molecule has 0 spiro atoms. The fourth-order valence-electron chi connectivity index (χ4n) is 1.04. The van der Waals surface area contributed by atoms with E-state index in [4.69, 9.17) is 13.9 Å². The molecule has 0 aliphatic carbocycles. The van der Waals surface area contributed by atoms with Crippen LogP contribution >= 0.6 is 0 Å². The Morgan fingerprint density at radius 2 is 1.73 bits per heavy atom. The summed E-state index contributed by atoms with van der Waals surface area (Å²) in [5.74, 6) is 2.60. The maximum absolute atomic E-state index is 10.9. The first kappa shape index (κ1) is 20.2. The number of ether oxygens (including phenoxy) is 2. The Hall–Kier alpha value is -1.75. The lowest BCUT2D eigenvalue weighted by molar-refractivity contribution is -0.128. The third-order valence-electron chi connectivity index (χ3n) is 3.17. The van der Waals surface area contributed by atoms with Crippen molar-refractivity contribution in [2.24, 2.45) is 11.8 Å². The summed E-state index contributed by atoms with van der Waals surface area (Å²) in [4.78, 5) is 10.9. The zero-order valence-corrected chi connectivity index (χ0v) is 15.3. The molecule has 22 heavy (non-hydrogen) atoms. The minimum absolute atomic E-state index is 0.129. The highest BCUT2D eigenvalue weighted by molar-refractivity contribution is 6.50. The summed E-state index contributed by atoms with van der Waals surface area (Å²) in [6.45, 7) is 12.3. The van der Waals surface area contributed by atoms with Gasteiger partial charge in [0.25, 0.3) is 0 Å². The fourth-order valence-corrected chi connectivity index (χ4v) is 1.82. The maximum atomic E-state index is 10.9. The highest BCUT2D eigenvalue weighted by atomic mass is 28.2. The van der Waals surface area contributed by atoms with Crippen molar-refractivity contribution >= 4 is 20.9 Å². The second-order valence-corrected chi connectivity index (χ2v) is 6.23. The van der Waals surface area contributed by atoms with E-state index in [9.17, 15) is 4.79 Å². The predicted octanol–water partition coefficient (Wildman–Crippen LogP) is 2.98. The quantitative estimate of drug-likeness (QED) is 0.596. The summed E-state index contributed by atoms with van der Waals surface area (Å²) < 4.78 is 15.2. The number of carbonyl (C=O) groups excluding carboxylic acids is 1. The average Bonchev–Trinajstić information content (AvgIpc) is 2.52. The first-order valence-electron chi connectivity index (χ1n) is 7.16. The van der Waals surface area contributed by atoms with E-state index in [-0.39, 0.29) is 9.76 Å². The van der Waals surface area contributed by atoms with Crippen LogP contribution in [0.2, 0.25) is 0 Å². The van der Waals surface area contributed by atoms with Crippen LogP contribution in [0.3, 0.4) is 0 Å². The van der Waals surface area contributed by atoms with E-state index >= 15 is 0 Å². The van der Waals surface area contributed by atoms with Crippen molar-refractivity contribution in [1.82, 2.24) is 0 Å². The lowest BCUT2D eigenvalue weighted by Gasteiger charge is -2.08. The van der Waals surface area contributed by atoms with E-state index in [0.29, 0.717) is 11.5 Å². The monoisotopic (exact) mass is 322 g/mol. The number of rotatable bonds is 6. The third-order valence-corrected chi connectivity index (χ3v) is 4.08. The van der Waals surface area contributed by atoms with Crippen molar-refractivity contribution < 1.29 is 18.7 Å². The van der Waals surface area contributed by atoms with Crippen molar-refractivity contribution in [1.29, 1.82) is 0 Å². The molecule has 0 atom stereocenters. The van der Waals surface area contributed by atoms with Gasteiger partial charge in [0, 0.05) is 11.3 Å². The topological polar surface area (TPSA) is 44.8 Å². The van der Waals surface area contributed by atoms with Gasteiger partial charge in [-0.3, -0.25) is 0 Å². The molecule has 1 aromatic carbocycles. The molecule has 0 saturated heterocycles. The zero-order valence-electron chi connectivity index (χ0n) is 14.3. The molecule has 0 unspecified atom stereocenters. The Kier molecular flexibility index (Phi) is 10.0. The number of hydrogen-bond donors (Lipinski definition) is 0. The van der Waals surface area contributed by atoms with Crippen molar-refractivity contribution in [3.63, 3.8) is 0 Å². The molecule has 0 amide bonds. The lowest BCUT2D eigenvalue weighted by Crippen LogP contribution is -2.22. The van der Waals surface area contributed by atoms with Crippen LogP contribution in [-0.2, 0) is 9.22 Å². The summed E-state index contributed by atoms with van der Waals surface area (Å²) in [5, 5.41) is 0.775. The van der Waals surface area contributed by atoms with Crippen LogP contribution in [0.5, 0.6) is 11.5 Å². The van der Waals surface area contributed by atoms with Crippen molar-refractivity contribution in [2.75, 3.05) is 14.2 Å². The van der Waals surface area contributed by atoms with Crippen molar-refractivity contribution in [3.8, 4) is 11.5 Å². The second kappa shape index (κ2) is 10.9. The minimum atomic E-state index is -0.455. The number of hydrogen-bond acceptors (Lipinski definition) is 4. The number of methoxy groups -OCH3 is 2. The minimum Gasteiger partial charge on any atom is -0.508 e. The molecule has 5 heteroatoms. The molecule has 0 saturated carbocycles. The molecule has 0 aliphatic rings. The summed E-state index contributed by atoms with van der Waals surface area (Å²) in [6.07, 6.45) is 1.12. The first-order valence-corrected chi connectivity index (χ1v) is 8.07. The summed E-state index contributed by atoms with van der Waals surface area (Å²) in [5.41, 5.74) is 0. The van der Waals surface area contributed by atoms with Crippen LogP contribution in [-0.4, -0.2) is 30.0 Å². The van der Waals surface area contributed by atoms with Gasteiger partial charge in [-0.15, -0.1) is 0 Å². The molecule has 0 heterocycles. The van der Waals surface area contributed by atoms with E-state index in [1.54, 1.807) is 32.4 Å². The van der Waals surface area contributed by atoms with Gasteiger partial charge < -0.3 is 13.9 Å². The molecule has 1 rings (SSSR count). The van der Waals surface area contributed by atoms with Gasteiger partial charge in [-0.2, -0.15) is 0 Å². The first-order chi connectivity index (χ1) is 10.3. The number of benzene rings is 1. The Morgan fingerprint density at radius 1 is 1.14 bits per heavy atom. The van der Waals surface area contributed by atoms with E-state index in [1.807, 2.05) is 0 Å². The van der Waals surface area contributed by atoms with Gasteiger partial charge in [-0.25, -0.2) is 4.79 Å². The van der Waals surface area contributed by atoms with Gasteiger partial charge in [-0.1, -0.05) is 34.3 Å². The van der Waals surface area contributed by atoms with E-state index in [1.165, 1.54) is 0 Å². The Balaban J connectivity index is 0.000000626. The van der Waals surface area contributed by atoms with E-state index < -0.39 is 5.97 Å². The Bertz CT molecular complexity index is 464. The largest absolute Gasteiger partial charge is 0.508 e. The predicted molar refractivity (Wildman–Crippen MR) is 90.9 cm³/mol. The van der Waals surface area contributed by atoms with Gasteiger partial charge in [0.05, 0.1) is 14.2 Å². The van der Waals surface area contributed by atoms with Crippen LogP contribution in [0.1, 0.15) is 27.7 Å². The SMILES string of the molecule is C=CC(=O)O[Si]c1cc(OC)ccc1OC.CC(C)C(C)C. The van der Waals surface area contributed by atoms with Crippen LogP contribution in [0.15, 0.2) is 30.9 Å². The fraction of sp³-hybridized carbons (Fsp3) is 0.471. The number of carbonyl (C=O) groups is 1. The van der Waals surface area contributed by atoms with Gasteiger partial charge in [0.15, 0.2) is 0 Å². The molecule has 0 N–H and O–H groups in total. The molecule has 1 aromatic rings. The average molecular weight is 322 g/mol. The van der Waals surface area contributed by atoms with Gasteiger partial charge in [-0.05, 0) is 30.0 Å². The molecule has 4 nitrogen and oxygen atoms in total. The van der Waals surface area contributed by atoms with Crippen LogP contribution in [0.4, 0.5) is 0 Å². The standard InChI is InChI=1S/C11H12O4Si.C6H14/c1-4-11(12)15-16-10-7-8(13-2)5-6-9(10)14-3;1-5(2)6(3)4/h4-7H,1H2,2-3H3;5-6H,1-4H3. The highest BCUT2D eigenvalue weighted by Gasteiger charge is 2.09. The van der Waals surface area contributed by atoms with Gasteiger partial charge >= 0.3 is 15.7 Å². The lowest BCUT2D eigenvalue weighted by atomic mass is 10.0. The maximum Gasteiger partial charge on any atom is 0.359 e. The Labute approximate surface area is 136 Å². The molecule has 0 aromatic heterocycles. The van der Waals surface area contributed by atoms with Crippen LogP contribution in [0, 0.1) is 11.8 Å². The molecule has 0 aliphatic heterocycles. The highest BCUT2D eigenvalue weighted by Crippen LogP contribution is 2.14. The van der Waals surface area contributed by atoms with Gasteiger partial charge in [0.2, 0.25) is 0 Å². The molecule has 0 fully saturated rings. The second-order valence-electron chi connectivity index (χ2n) is 5.28. The summed E-state index contributed by atoms with van der Waals surface area (Å²) in [6, 6.07) is 5.32. The summed E-state index contributed by atoms with van der Waals surface area (Å²) >= 11 is 0. The molecule has 122 valence electrons.